The third kappa shape index (κ3) is 1.84. The van der Waals surface area contributed by atoms with Crippen molar-refractivity contribution in [2.75, 3.05) is 6.61 Å². The standard InChI is InChI=1S/C9H11N5O2/c1-2-16-8(15)6-4-11-9-12-7(3-10)13-14(9)5-6/h4-5H,2-3,10H2,1H3. The van der Waals surface area contributed by atoms with Crippen LogP contribution in [0.3, 0.4) is 0 Å². The van der Waals surface area contributed by atoms with Gasteiger partial charge in [0.25, 0.3) is 5.78 Å². The molecular formula is C9H11N5O2. The highest BCUT2D eigenvalue weighted by molar-refractivity contribution is 5.88. The van der Waals surface area contributed by atoms with E-state index in [4.69, 9.17) is 10.5 Å². The van der Waals surface area contributed by atoms with Crippen molar-refractivity contribution in [1.82, 2.24) is 19.6 Å². The predicted octanol–water partition coefficient (Wildman–Crippen LogP) is -0.240. The number of hydrogen-bond donors (Lipinski definition) is 1. The first-order valence-corrected chi connectivity index (χ1v) is 4.83. The second kappa shape index (κ2) is 4.23. The van der Waals surface area contributed by atoms with Gasteiger partial charge in [0.15, 0.2) is 5.82 Å². The van der Waals surface area contributed by atoms with Gasteiger partial charge in [-0.2, -0.15) is 4.98 Å². The summed E-state index contributed by atoms with van der Waals surface area (Å²) in [7, 11) is 0. The molecule has 0 bridgehead atoms. The van der Waals surface area contributed by atoms with E-state index in [1.54, 1.807) is 6.92 Å². The van der Waals surface area contributed by atoms with Crippen LogP contribution in [0.1, 0.15) is 23.1 Å². The number of carbonyl (C=O) groups excluding carboxylic acids is 1. The third-order valence-corrected chi connectivity index (χ3v) is 1.93. The van der Waals surface area contributed by atoms with Gasteiger partial charge in [-0.15, -0.1) is 5.10 Å². The number of nitrogens with zero attached hydrogens (tertiary/aromatic N) is 4. The van der Waals surface area contributed by atoms with Crippen LogP contribution in [0.2, 0.25) is 0 Å². The highest BCUT2D eigenvalue weighted by Crippen LogP contribution is 2.03. The Morgan fingerprint density at radius 1 is 1.62 bits per heavy atom. The quantitative estimate of drug-likeness (QED) is 0.718. The molecule has 2 rings (SSSR count). The molecule has 0 aliphatic heterocycles. The lowest BCUT2D eigenvalue weighted by molar-refractivity contribution is 0.0525. The summed E-state index contributed by atoms with van der Waals surface area (Å²) in [5.74, 6) is 0.462. The van der Waals surface area contributed by atoms with Crippen LogP contribution in [0.25, 0.3) is 5.78 Å². The van der Waals surface area contributed by atoms with E-state index in [2.05, 4.69) is 15.1 Å². The maximum absolute atomic E-state index is 11.4. The molecule has 2 N–H and O–H groups in total. The summed E-state index contributed by atoms with van der Waals surface area (Å²) >= 11 is 0. The van der Waals surface area contributed by atoms with Crippen LogP contribution in [-0.2, 0) is 11.3 Å². The molecule has 0 saturated carbocycles. The van der Waals surface area contributed by atoms with Crippen molar-refractivity contribution in [3.63, 3.8) is 0 Å². The molecule has 2 aromatic rings. The predicted molar refractivity (Wildman–Crippen MR) is 54.6 cm³/mol. The highest BCUT2D eigenvalue weighted by atomic mass is 16.5. The fourth-order valence-electron chi connectivity index (χ4n) is 1.23. The second-order valence-electron chi connectivity index (χ2n) is 3.04. The summed E-state index contributed by atoms with van der Waals surface area (Å²) in [5.41, 5.74) is 5.74. The molecule has 0 aliphatic carbocycles. The molecule has 0 amide bonds. The van der Waals surface area contributed by atoms with Gasteiger partial charge in [0.1, 0.15) is 0 Å². The summed E-state index contributed by atoms with van der Waals surface area (Å²) in [5, 5.41) is 4.04. The molecule has 0 unspecified atom stereocenters. The minimum absolute atomic E-state index is 0.234. The number of carbonyl (C=O) groups is 1. The van der Waals surface area contributed by atoms with Crippen molar-refractivity contribution in [3.8, 4) is 0 Å². The van der Waals surface area contributed by atoms with E-state index in [1.165, 1.54) is 16.9 Å². The number of ether oxygens (including phenoxy) is 1. The largest absolute Gasteiger partial charge is 0.462 e. The maximum Gasteiger partial charge on any atom is 0.341 e. The zero-order chi connectivity index (χ0) is 11.5. The van der Waals surface area contributed by atoms with Crippen LogP contribution in [0.15, 0.2) is 12.4 Å². The Balaban J connectivity index is 2.39. The normalized spacial score (nSPS) is 10.6. The van der Waals surface area contributed by atoms with Gasteiger partial charge in [-0.1, -0.05) is 0 Å². The van der Waals surface area contributed by atoms with Crippen molar-refractivity contribution in [2.24, 2.45) is 5.73 Å². The molecule has 7 nitrogen and oxygen atoms in total. The third-order valence-electron chi connectivity index (χ3n) is 1.93. The lowest BCUT2D eigenvalue weighted by Gasteiger charge is -2.00. The Labute approximate surface area is 91.3 Å². The van der Waals surface area contributed by atoms with E-state index in [9.17, 15) is 4.79 Å². The van der Waals surface area contributed by atoms with E-state index < -0.39 is 5.97 Å². The first-order valence-electron chi connectivity index (χ1n) is 4.83. The van der Waals surface area contributed by atoms with Crippen LogP contribution in [-0.4, -0.2) is 32.2 Å². The minimum Gasteiger partial charge on any atom is -0.462 e. The zero-order valence-corrected chi connectivity index (χ0v) is 8.75. The number of esters is 1. The number of nitrogens with two attached hydrogens (primary N) is 1. The van der Waals surface area contributed by atoms with Gasteiger partial charge in [0.2, 0.25) is 0 Å². The van der Waals surface area contributed by atoms with Crippen molar-refractivity contribution in [1.29, 1.82) is 0 Å². The van der Waals surface area contributed by atoms with Crippen LogP contribution >= 0.6 is 0 Å². The Kier molecular flexibility index (Phi) is 2.78. The van der Waals surface area contributed by atoms with E-state index in [0.717, 1.165) is 0 Å². The van der Waals surface area contributed by atoms with E-state index in [1.807, 2.05) is 0 Å². The number of aromatic nitrogens is 4. The molecule has 7 heteroatoms. The summed E-state index contributed by atoms with van der Waals surface area (Å²) in [6, 6.07) is 0. The van der Waals surface area contributed by atoms with Crippen molar-refractivity contribution in [2.45, 2.75) is 13.5 Å². The molecule has 2 aromatic heterocycles. The number of hydrogen-bond acceptors (Lipinski definition) is 6. The smallest absolute Gasteiger partial charge is 0.341 e. The molecule has 0 saturated heterocycles. The Morgan fingerprint density at radius 2 is 2.44 bits per heavy atom. The minimum atomic E-state index is -0.429. The lowest BCUT2D eigenvalue weighted by Crippen LogP contribution is -2.07. The molecule has 2 heterocycles. The number of fused-ring (bicyclic) bond motifs is 1. The van der Waals surface area contributed by atoms with Crippen LogP contribution < -0.4 is 5.73 Å². The van der Waals surface area contributed by atoms with Gasteiger partial charge in [0.05, 0.1) is 18.7 Å². The average Bonchev–Trinajstić information content (AvgIpc) is 2.70. The Morgan fingerprint density at radius 3 is 3.12 bits per heavy atom. The fourth-order valence-corrected chi connectivity index (χ4v) is 1.23. The molecule has 0 spiro atoms. The van der Waals surface area contributed by atoms with Crippen LogP contribution in [0.4, 0.5) is 0 Å². The van der Waals surface area contributed by atoms with Gasteiger partial charge < -0.3 is 10.5 Å². The Hall–Kier alpha value is -2.02. The van der Waals surface area contributed by atoms with Gasteiger partial charge in [0, 0.05) is 12.4 Å². The van der Waals surface area contributed by atoms with Crippen molar-refractivity contribution in [3.05, 3.63) is 23.8 Å². The van der Waals surface area contributed by atoms with Gasteiger partial charge >= 0.3 is 5.97 Å². The molecule has 0 fully saturated rings. The summed E-state index contributed by atoms with van der Waals surface area (Å²) in [6.45, 7) is 2.30. The monoisotopic (exact) mass is 221 g/mol. The van der Waals surface area contributed by atoms with Crippen LogP contribution in [0, 0.1) is 0 Å². The van der Waals surface area contributed by atoms with Crippen LogP contribution in [0.5, 0.6) is 0 Å². The van der Waals surface area contributed by atoms with Gasteiger partial charge in [-0.05, 0) is 6.92 Å². The molecule has 0 aliphatic rings. The fraction of sp³-hybridized carbons (Fsp3) is 0.333. The first kappa shape index (κ1) is 10.5. The lowest BCUT2D eigenvalue weighted by atomic mass is 10.3. The molecule has 0 atom stereocenters. The Bertz CT molecular complexity index is 522. The number of rotatable bonds is 3. The maximum atomic E-state index is 11.4. The first-order chi connectivity index (χ1) is 7.74. The molecule has 84 valence electrons. The van der Waals surface area contributed by atoms with Gasteiger partial charge in [-0.25, -0.2) is 14.3 Å². The van der Waals surface area contributed by atoms with E-state index >= 15 is 0 Å². The molecule has 16 heavy (non-hydrogen) atoms. The highest BCUT2D eigenvalue weighted by Gasteiger charge is 2.10. The average molecular weight is 221 g/mol. The SMILES string of the molecule is CCOC(=O)c1cnc2nc(CN)nn2c1. The summed E-state index contributed by atoms with van der Waals surface area (Å²) in [4.78, 5) is 19.4. The summed E-state index contributed by atoms with van der Waals surface area (Å²) in [6.07, 6.45) is 2.93. The zero-order valence-electron chi connectivity index (χ0n) is 8.75. The van der Waals surface area contributed by atoms with Crippen molar-refractivity contribution >= 4 is 11.7 Å². The topological polar surface area (TPSA) is 95.4 Å². The molecular weight excluding hydrogens is 210 g/mol. The van der Waals surface area contributed by atoms with Crippen molar-refractivity contribution < 1.29 is 9.53 Å². The second-order valence-corrected chi connectivity index (χ2v) is 3.04. The summed E-state index contributed by atoms with van der Waals surface area (Å²) < 4.78 is 6.26. The molecule has 0 aromatic carbocycles. The van der Waals surface area contributed by atoms with E-state index in [-0.39, 0.29) is 6.54 Å². The van der Waals surface area contributed by atoms with E-state index in [0.29, 0.717) is 23.8 Å². The van der Waals surface area contributed by atoms with Gasteiger partial charge in [-0.3, -0.25) is 0 Å². The molecule has 0 radical (unpaired) electrons.